The smallest absolute Gasteiger partial charge is 0.350 e. The van der Waals surface area contributed by atoms with E-state index in [0.717, 1.165) is 17.7 Å². The molecular formula is C21H25N3O7S2. The van der Waals surface area contributed by atoms with Crippen LogP contribution in [0.25, 0.3) is 0 Å². The molecule has 0 saturated heterocycles. The molecule has 0 heterocycles. The van der Waals surface area contributed by atoms with Crippen LogP contribution >= 0.6 is 12.6 Å². The van der Waals surface area contributed by atoms with Gasteiger partial charge in [0.15, 0.2) is 0 Å². The van der Waals surface area contributed by atoms with Crippen LogP contribution in [0.4, 0.5) is 5.69 Å². The van der Waals surface area contributed by atoms with E-state index in [-0.39, 0.29) is 16.3 Å². The van der Waals surface area contributed by atoms with E-state index in [2.05, 4.69) is 23.3 Å². The van der Waals surface area contributed by atoms with Gasteiger partial charge in [-0.15, -0.1) is 0 Å². The van der Waals surface area contributed by atoms with Gasteiger partial charge < -0.3 is 20.8 Å². The molecule has 0 spiro atoms. The first kappa shape index (κ1) is 26.2. The fraction of sp³-hybridized carbons (Fsp3) is 0.286. The Balaban J connectivity index is 2.34. The molecule has 2 unspecified atom stereocenters. The second-order valence-corrected chi connectivity index (χ2v) is 9.28. The number of primary sulfonamides is 1. The molecule has 33 heavy (non-hydrogen) atoms. The largest absolute Gasteiger partial charge is 0.481 e. The van der Waals surface area contributed by atoms with Crippen molar-refractivity contribution in [2.45, 2.75) is 29.8 Å². The van der Waals surface area contributed by atoms with E-state index < -0.39 is 52.3 Å². The molecule has 0 aliphatic heterocycles. The minimum atomic E-state index is -3.96. The number of carbonyl (C=O) groups is 3. The summed E-state index contributed by atoms with van der Waals surface area (Å²) in [6, 6.07) is 14.0. The van der Waals surface area contributed by atoms with E-state index >= 15 is 0 Å². The number of nitrogens with one attached hydrogen (secondary N) is 2. The fourth-order valence-corrected chi connectivity index (χ4v) is 3.90. The summed E-state index contributed by atoms with van der Waals surface area (Å²) >= 11 is 4.22. The molecule has 2 aromatic rings. The number of carboxylic acid groups (broad SMARTS) is 2. The monoisotopic (exact) mass is 495 g/mol. The van der Waals surface area contributed by atoms with E-state index in [0.29, 0.717) is 6.42 Å². The fourth-order valence-electron chi connectivity index (χ4n) is 3.09. The molecule has 2 rings (SSSR count). The van der Waals surface area contributed by atoms with Gasteiger partial charge in [0, 0.05) is 24.3 Å². The van der Waals surface area contributed by atoms with E-state index in [9.17, 15) is 27.9 Å². The first-order chi connectivity index (χ1) is 15.5. The van der Waals surface area contributed by atoms with Crippen LogP contribution in [0.5, 0.6) is 0 Å². The summed E-state index contributed by atoms with van der Waals surface area (Å²) in [4.78, 5) is 36.3. The van der Waals surface area contributed by atoms with Crippen LogP contribution in [0.1, 0.15) is 18.4 Å². The predicted octanol–water partition coefficient (Wildman–Crippen LogP) is 1.30. The second-order valence-electron chi connectivity index (χ2n) is 7.36. The Bertz CT molecular complexity index is 1090. The zero-order chi connectivity index (χ0) is 24.6. The van der Waals surface area contributed by atoms with Gasteiger partial charge in [-0.2, -0.15) is 12.6 Å². The Morgan fingerprint density at radius 1 is 1.03 bits per heavy atom. The lowest BCUT2D eigenvalue weighted by Crippen LogP contribution is -2.61. The van der Waals surface area contributed by atoms with Crippen molar-refractivity contribution in [1.82, 2.24) is 5.32 Å². The molecule has 0 fully saturated rings. The highest BCUT2D eigenvalue weighted by atomic mass is 32.2. The Hall–Kier alpha value is -3.09. The lowest BCUT2D eigenvalue weighted by molar-refractivity contribution is -0.148. The van der Waals surface area contributed by atoms with Crippen molar-refractivity contribution in [3.8, 4) is 0 Å². The summed E-state index contributed by atoms with van der Waals surface area (Å²) < 4.78 is 22.9. The zero-order valence-electron chi connectivity index (χ0n) is 17.5. The second kappa shape index (κ2) is 11.2. The minimum absolute atomic E-state index is 0.123. The standard InChI is InChI=1S/C21H25N3O7S2/c22-33(30,31)17-8-6-16(7-9-17)23-21(20(28)29,11-10-18(25)26)24-19(27)15(13-32)12-14-4-2-1-3-5-14/h1-9,15,23,32H,10-13H2,(H,24,27)(H,25,26)(H,28,29)(H2,22,30,31). The predicted molar refractivity (Wildman–Crippen MR) is 124 cm³/mol. The van der Waals surface area contributed by atoms with Crippen molar-refractivity contribution in [2.24, 2.45) is 11.1 Å². The van der Waals surface area contributed by atoms with Crippen molar-refractivity contribution < 1.29 is 33.0 Å². The van der Waals surface area contributed by atoms with Crippen molar-refractivity contribution in [3.05, 3.63) is 60.2 Å². The Labute approximate surface area is 196 Å². The molecule has 0 aliphatic rings. The summed E-state index contributed by atoms with van der Waals surface area (Å²) in [5.74, 6) is -3.96. The van der Waals surface area contributed by atoms with Crippen LogP contribution in [0.15, 0.2) is 59.5 Å². The van der Waals surface area contributed by atoms with E-state index in [1.54, 1.807) is 0 Å². The first-order valence-corrected chi connectivity index (χ1v) is 12.0. The number of rotatable bonds is 12. The van der Waals surface area contributed by atoms with Crippen LogP contribution in [-0.4, -0.2) is 47.9 Å². The molecule has 6 N–H and O–H groups in total. The van der Waals surface area contributed by atoms with E-state index in [1.165, 1.54) is 12.1 Å². The highest BCUT2D eigenvalue weighted by Gasteiger charge is 2.41. The topological polar surface area (TPSA) is 176 Å². The molecule has 12 heteroatoms. The summed E-state index contributed by atoms with van der Waals surface area (Å²) in [5.41, 5.74) is -1.18. The van der Waals surface area contributed by atoms with Gasteiger partial charge in [-0.3, -0.25) is 9.59 Å². The number of carboxylic acids is 2. The molecule has 2 aromatic carbocycles. The molecule has 1 amide bonds. The van der Waals surface area contributed by atoms with Crippen LogP contribution in [-0.2, 0) is 30.8 Å². The van der Waals surface area contributed by atoms with E-state index in [4.69, 9.17) is 10.2 Å². The van der Waals surface area contributed by atoms with Gasteiger partial charge in [-0.05, 0) is 36.2 Å². The highest BCUT2D eigenvalue weighted by Crippen LogP contribution is 2.22. The van der Waals surface area contributed by atoms with Crippen molar-refractivity contribution in [2.75, 3.05) is 11.1 Å². The average Bonchev–Trinajstić information content (AvgIpc) is 2.76. The molecule has 0 aliphatic carbocycles. The number of benzene rings is 2. The number of anilines is 1. The summed E-state index contributed by atoms with van der Waals surface area (Å²) in [7, 11) is -3.96. The van der Waals surface area contributed by atoms with Crippen LogP contribution in [0.3, 0.4) is 0 Å². The number of carbonyl (C=O) groups excluding carboxylic acids is 1. The number of hydrogen-bond donors (Lipinski definition) is 6. The number of nitrogens with two attached hydrogens (primary N) is 1. The van der Waals surface area contributed by atoms with Gasteiger partial charge >= 0.3 is 11.9 Å². The van der Waals surface area contributed by atoms with Crippen LogP contribution in [0.2, 0.25) is 0 Å². The molecule has 0 saturated carbocycles. The lowest BCUT2D eigenvalue weighted by atomic mass is 9.97. The molecule has 178 valence electrons. The lowest BCUT2D eigenvalue weighted by Gasteiger charge is -2.33. The Morgan fingerprint density at radius 2 is 1.64 bits per heavy atom. The van der Waals surface area contributed by atoms with Crippen molar-refractivity contribution in [1.29, 1.82) is 0 Å². The van der Waals surface area contributed by atoms with Crippen molar-refractivity contribution >= 4 is 46.2 Å². The van der Waals surface area contributed by atoms with Crippen LogP contribution < -0.4 is 15.8 Å². The maximum absolute atomic E-state index is 13.0. The van der Waals surface area contributed by atoms with Gasteiger partial charge in [0.05, 0.1) is 10.8 Å². The Morgan fingerprint density at radius 3 is 2.12 bits per heavy atom. The van der Waals surface area contributed by atoms with Gasteiger partial charge in [0.25, 0.3) is 0 Å². The number of amides is 1. The molecule has 0 radical (unpaired) electrons. The third-order valence-corrected chi connectivity index (χ3v) is 6.24. The third kappa shape index (κ3) is 7.48. The molecule has 10 nitrogen and oxygen atoms in total. The zero-order valence-corrected chi connectivity index (χ0v) is 19.2. The number of hydrogen-bond acceptors (Lipinski definition) is 7. The van der Waals surface area contributed by atoms with Gasteiger partial charge in [0.2, 0.25) is 21.6 Å². The van der Waals surface area contributed by atoms with Crippen molar-refractivity contribution in [3.63, 3.8) is 0 Å². The van der Waals surface area contributed by atoms with Crippen LogP contribution in [0, 0.1) is 5.92 Å². The average molecular weight is 496 g/mol. The first-order valence-electron chi connectivity index (χ1n) is 9.80. The maximum Gasteiger partial charge on any atom is 0.350 e. The Kier molecular flexibility index (Phi) is 8.85. The maximum atomic E-state index is 13.0. The number of sulfonamides is 1. The highest BCUT2D eigenvalue weighted by molar-refractivity contribution is 7.89. The molecule has 2 atom stereocenters. The number of aliphatic carboxylic acids is 2. The van der Waals surface area contributed by atoms with Gasteiger partial charge in [0.1, 0.15) is 0 Å². The number of thiol groups is 1. The summed E-state index contributed by atoms with van der Waals surface area (Å²) in [6.07, 6.45) is -0.738. The summed E-state index contributed by atoms with van der Waals surface area (Å²) in [6.45, 7) is 0. The van der Waals surface area contributed by atoms with Gasteiger partial charge in [-0.25, -0.2) is 18.4 Å². The SMILES string of the molecule is NS(=O)(=O)c1ccc(NC(CCC(=O)O)(NC(=O)C(CS)Cc2ccccc2)C(=O)O)cc1. The minimum Gasteiger partial charge on any atom is -0.481 e. The molecule has 0 aromatic heterocycles. The van der Waals surface area contributed by atoms with E-state index in [1.807, 2.05) is 30.3 Å². The molecular weight excluding hydrogens is 470 g/mol. The van der Waals surface area contributed by atoms with Gasteiger partial charge in [-0.1, -0.05) is 30.3 Å². The third-order valence-electron chi connectivity index (χ3n) is 4.87. The quantitative estimate of drug-likeness (QED) is 0.188. The summed E-state index contributed by atoms with van der Waals surface area (Å²) in [5, 5.41) is 29.2. The molecule has 0 bridgehead atoms. The normalized spacial score (nSPS) is 14.0.